The van der Waals surface area contributed by atoms with E-state index in [4.69, 9.17) is 5.11 Å². The second kappa shape index (κ2) is 6.07. The van der Waals surface area contributed by atoms with Gasteiger partial charge in [-0.15, -0.1) is 0 Å². The molecular weight excluding hydrogens is 260 g/mol. The van der Waals surface area contributed by atoms with Gasteiger partial charge in [0.05, 0.1) is 0 Å². The molecule has 6 nitrogen and oxygen atoms in total. The summed E-state index contributed by atoms with van der Waals surface area (Å²) in [5, 5.41) is 11.5. The van der Waals surface area contributed by atoms with Gasteiger partial charge in [0.2, 0.25) is 11.8 Å². The number of aliphatic carboxylic acids is 1. The average Bonchev–Trinajstić information content (AvgIpc) is 2.96. The summed E-state index contributed by atoms with van der Waals surface area (Å²) in [5.74, 6) is -1.66. The molecule has 0 saturated heterocycles. The number of nitrogens with zero attached hydrogens (tertiary/aromatic N) is 1. The molecule has 1 unspecified atom stereocenters. The van der Waals surface area contributed by atoms with Crippen LogP contribution in [0, 0.1) is 11.3 Å². The van der Waals surface area contributed by atoms with Crippen molar-refractivity contribution in [1.29, 1.82) is 0 Å². The van der Waals surface area contributed by atoms with Crippen molar-refractivity contribution in [2.45, 2.75) is 33.1 Å². The molecule has 1 saturated carbocycles. The zero-order valence-corrected chi connectivity index (χ0v) is 12.4. The largest absolute Gasteiger partial charge is 0.477 e. The Labute approximate surface area is 118 Å². The number of hydrogen-bond donors (Lipinski definition) is 2. The second-order valence-electron chi connectivity index (χ2n) is 5.98. The molecule has 0 heterocycles. The lowest BCUT2D eigenvalue weighted by atomic mass is 10.1. The maximum Gasteiger partial charge on any atom is 0.352 e. The molecule has 1 aliphatic rings. The highest BCUT2D eigenvalue weighted by molar-refractivity contribution is 5.94. The fraction of sp³-hybridized carbons (Fsp3) is 0.643. The van der Waals surface area contributed by atoms with Crippen LogP contribution in [0.3, 0.4) is 0 Å². The van der Waals surface area contributed by atoms with E-state index in [9.17, 15) is 14.4 Å². The number of carbonyl (C=O) groups excluding carboxylic acids is 2. The summed E-state index contributed by atoms with van der Waals surface area (Å²) < 4.78 is 0. The minimum atomic E-state index is -1.19. The van der Waals surface area contributed by atoms with Gasteiger partial charge in [0.25, 0.3) is 0 Å². The van der Waals surface area contributed by atoms with Gasteiger partial charge in [-0.25, -0.2) is 4.79 Å². The highest BCUT2D eigenvalue weighted by Gasteiger charge is 2.50. The summed E-state index contributed by atoms with van der Waals surface area (Å²) in [4.78, 5) is 35.7. The molecule has 2 N–H and O–H groups in total. The van der Waals surface area contributed by atoms with E-state index in [1.807, 2.05) is 13.8 Å². The Kier molecular flexibility index (Phi) is 4.92. The Morgan fingerprint density at radius 1 is 1.35 bits per heavy atom. The van der Waals surface area contributed by atoms with Crippen molar-refractivity contribution in [3.05, 3.63) is 11.8 Å². The Balaban J connectivity index is 2.54. The van der Waals surface area contributed by atoms with Gasteiger partial charge in [-0.2, -0.15) is 0 Å². The van der Waals surface area contributed by atoms with Crippen LogP contribution in [0.5, 0.6) is 0 Å². The van der Waals surface area contributed by atoms with E-state index in [0.717, 1.165) is 6.42 Å². The number of amides is 2. The number of nitrogens with one attached hydrogen (secondary N) is 1. The molecule has 0 aliphatic heterocycles. The third kappa shape index (κ3) is 4.36. The van der Waals surface area contributed by atoms with Gasteiger partial charge in [0.15, 0.2) is 0 Å². The van der Waals surface area contributed by atoms with Crippen molar-refractivity contribution in [3.63, 3.8) is 0 Å². The van der Waals surface area contributed by atoms with E-state index >= 15 is 0 Å². The van der Waals surface area contributed by atoms with E-state index in [-0.39, 0.29) is 41.7 Å². The first kappa shape index (κ1) is 16.2. The molecule has 0 aromatic carbocycles. The van der Waals surface area contributed by atoms with Gasteiger partial charge in [0.1, 0.15) is 5.70 Å². The van der Waals surface area contributed by atoms with Crippen LogP contribution < -0.4 is 5.32 Å². The van der Waals surface area contributed by atoms with Crippen LogP contribution in [0.1, 0.15) is 33.1 Å². The van der Waals surface area contributed by atoms with Crippen LogP contribution in [-0.4, -0.2) is 41.9 Å². The molecular formula is C14H22N2O4. The Hall–Kier alpha value is -1.85. The smallest absolute Gasteiger partial charge is 0.352 e. The average molecular weight is 282 g/mol. The highest BCUT2D eigenvalue weighted by Crippen LogP contribution is 2.51. The van der Waals surface area contributed by atoms with Crippen molar-refractivity contribution in [1.82, 2.24) is 10.2 Å². The molecule has 0 spiro atoms. The van der Waals surface area contributed by atoms with Crippen LogP contribution >= 0.6 is 0 Å². The van der Waals surface area contributed by atoms with Crippen LogP contribution in [0.2, 0.25) is 0 Å². The van der Waals surface area contributed by atoms with Gasteiger partial charge in [0, 0.05) is 26.4 Å². The van der Waals surface area contributed by atoms with Crippen LogP contribution in [0.4, 0.5) is 0 Å². The molecule has 1 fully saturated rings. The number of carbonyl (C=O) groups is 3. The molecule has 0 radical (unpaired) electrons. The van der Waals surface area contributed by atoms with E-state index in [0.29, 0.717) is 0 Å². The lowest BCUT2D eigenvalue weighted by molar-refractivity contribution is -0.135. The molecule has 0 bridgehead atoms. The van der Waals surface area contributed by atoms with Crippen molar-refractivity contribution in [2.75, 3.05) is 14.1 Å². The maximum absolute atomic E-state index is 11.9. The standard InChI is InChI=1S/C14H22N2O4/c1-14(2)8-9(14)12(18)15-10(13(19)20)6-5-7-11(17)16(3)4/h6,9H,5,7-8H2,1-4H3,(H,15,18)(H,19,20)/b10-6-. The summed E-state index contributed by atoms with van der Waals surface area (Å²) in [7, 11) is 3.28. The molecule has 1 atom stereocenters. The lowest BCUT2D eigenvalue weighted by Crippen LogP contribution is -2.30. The zero-order valence-electron chi connectivity index (χ0n) is 12.4. The predicted octanol–water partition coefficient (Wildman–Crippen LogP) is 0.986. The van der Waals surface area contributed by atoms with Crippen molar-refractivity contribution in [3.8, 4) is 0 Å². The van der Waals surface area contributed by atoms with Gasteiger partial charge in [-0.1, -0.05) is 19.9 Å². The van der Waals surface area contributed by atoms with E-state index < -0.39 is 5.97 Å². The SMILES string of the molecule is CN(C)C(=O)CC/C=C(\NC(=O)C1CC1(C)C)C(=O)O. The van der Waals surface area contributed by atoms with E-state index in [1.54, 1.807) is 14.1 Å². The first-order chi connectivity index (χ1) is 9.15. The van der Waals surface area contributed by atoms with E-state index in [2.05, 4.69) is 5.32 Å². The summed E-state index contributed by atoms with van der Waals surface area (Å²) in [5.41, 5.74) is -0.196. The van der Waals surface area contributed by atoms with Gasteiger partial charge >= 0.3 is 5.97 Å². The summed E-state index contributed by atoms with van der Waals surface area (Å²) in [6.45, 7) is 3.94. The number of carboxylic acid groups (broad SMARTS) is 1. The molecule has 20 heavy (non-hydrogen) atoms. The van der Waals surface area contributed by atoms with E-state index in [1.165, 1.54) is 11.0 Å². The van der Waals surface area contributed by atoms with Gasteiger partial charge in [-0.05, 0) is 18.3 Å². The van der Waals surface area contributed by atoms with Crippen molar-refractivity contribution >= 4 is 17.8 Å². The second-order valence-corrected chi connectivity index (χ2v) is 5.98. The maximum atomic E-state index is 11.9. The molecule has 2 amide bonds. The minimum absolute atomic E-state index is 0.0470. The van der Waals surface area contributed by atoms with Crippen LogP contribution in [-0.2, 0) is 14.4 Å². The number of hydrogen-bond acceptors (Lipinski definition) is 3. The predicted molar refractivity (Wildman–Crippen MR) is 73.7 cm³/mol. The first-order valence-corrected chi connectivity index (χ1v) is 6.59. The molecule has 6 heteroatoms. The topological polar surface area (TPSA) is 86.7 Å². The van der Waals surface area contributed by atoms with Crippen molar-refractivity contribution in [2.24, 2.45) is 11.3 Å². The minimum Gasteiger partial charge on any atom is -0.477 e. The molecule has 0 aromatic heterocycles. The number of allylic oxidation sites excluding steroid dienone is 1. The highest BCUT2D eigenvalue weighted by atomic mass is 16.4. The third-order valence-electron chi connectivity index (χ3n) is 3.52. The zero-order chi connectivity index (χ0) is 15.5. The summed E-state index contributed by atoms with van der Waals surface area (Å²) in [6, 6.07) is 0. The molecule has 112 valence electrons. The summed E-state index contributed by atoms with van der Waals surface area (Å²) >= 11 is 0. The van der Waals surface area contributed by atoms with Gasteiger partial charge in [-0.3, -0.25) is 9.59 Å². The Bertz CT molecular complexity index is 452. The van der Waals surface area contributed by atoms with Crippen LogP contribution in [0.25, 0.3) is 0 Å². The number of rotatable bonds is 6. The van der Waals surface area contributed by atoms with Gasteiger partial charge < -0.3 is 15.3 Å². The van der Waals surface area contributed by atoms with Crippen molar-refractivity contribution < 1.29 is 19.5 Å². The number of carboxylic acids is 1. The monoisotopic (exact) mass is 282 g/mol. The first-order valence-electron chi connectivity index (χ1n) is 6.59. The lowest BCUT2D eigenvalue weighted by Gasteiger charge is -2.09. The Morgan fingerprint density at radius 2 is 1.90 bits per heavy atom. The fourth-order valence-corrected chi connectivity index (χ4v) is 1.89. The summed E-state index contributed by atoms with van der Waals surface area (Å²) in [6.07, 6.45) is 2.66. The van der Waals surface area contributed by atoms with Crippen LogP contribution in [0.15, 0.2) is 11.8 Å². The third-order valence-corrected chi connectivity index (χ3v) is 3.52. The molecule has 0 aromatic rings. The Morgan fingerprint density at radius 3 is 2.30 bits per heavy atom. The fourth-order valence-electron chi connectivity index (χ4n) is 1.89. The quantitative estimate of drug-likeness (QED) is 0.711. The molecule has 1 rings (SSSR count). The normalized spacial score (nSPS) is 20.2. The molecule has 1 aliphatic carbocycles.